The predicted octanol–water partition coefficient (Wildman–Crippen LogP) is 2.72. The number of sulfonamides is 1. The van der Waals surface area contributed by atoms with Crippen molar-refractivity contribution < 1.29 is 27.4 Å². The molecule has 9 nitrogen and oxygen atoms in total. The van der Waals surface area contributed by atoms with Crippen molar-refractivity contribution in [2.75, 3.05) is 66.7 Å². The van der Waals surface area contributed by atoms with Crippen molar-refractivity contribution in [2.45, 2.75) is 30.2 Å². The van der Waals surface area contributed by atoms with Crippen LogP contribution in [0.1, 0.15) is 41.2 Å². The Morgan fingerprint density at radius 3 is 2.41 bits per heavy atom. The van der Waals surface area contributed by atoms with Gasteiger partial charge < -0.3 is 19.5 Å². The first kappa shape index (κ1) is 27.5. The fourth-order valence-electron chi connectivity index (χ4n) is 4.94. The van der Waals surface area contributed by atoms with Gasteiger partial charge in [0.2, 0.25) is 10.0 Å². The van der Waals surface area contributed by atoms with Crippen LogP contribution >= 0.6 is 0 Å². The number of hydrogen-bond donors (Lipinski definition) is 1. The molecule has 2 aromatic rings. The highest BCUT2D eigenvalue weighted by molar-refractivity contribution is 7.89. The Balaban J connectivity index is 1.44. The monoisotopic (exact) mass is 531 g/mol. The number of morpholine rings is 1. The summed E-state index contributed by atoms with van der Waals surface area (Å²) in [7, 11) is -0.417. The highest BCUT2D eigenvalue weighted by Gasteiger charge is 2.27. The van der Waals surface area contributed by atoms with Crippen LogP contribution in [-0.4, -0.2) is 90.1 Å². The molecular formula is C27H37N3O6S. The zero-order chi connectivity index (χ0) is 26.3. The first-order chi connectivity index (χ1) is 17.9. The fraction of sp³-hybridized carbons (Fsp3) is 0.519. The number of hydrogen-bond acceptors (Lipinski definition) is 8. The molecule has 2 aliphatic rings. The van der Waals surface area contributed by atoms with Crippen molar-refractivity contribution in [1.29, 1.82) is 0 Å². The Bertz CT molecular complexity index is 1160. The van der Waals surface area contributed by atoms with Crippen LogP contribution in [0.25, 0.3) is 0 Å². The van der Waals surface area contributed by atoms with E-state index in [4.69, 9.17) is 14.2 Å². The van der Waals surface area contributed by atoms with E-state index in [1.165, 1.54) is 16.8 Å². The average Bonchev–Trinajstić information content (AvgIpc) is 2.96. The van der Waals surface area contributed by atoms with Crippen molar-refractivity contribution in [3.63, 3.8) is 0 Å². The molecule has 4 rings (SSSR count). The molecule has 0 aliphatic carbocycles. The van der Waals surface area contributed by atoms with Crippen molar-refractivity contribution in [2.24, 2.45) is 0 Å². The zero-order valence-electron chi connectivity index (χ0n) is 21.6. The van der Waals surface area contributed by atoms with Crippen LogP contribution in [0.2, 0.25) is 0 Å². The second-order valence-electron chi connectivity index (χ2n) is 9.33. The molecule has 37 heavy (non-hydrogen) atoms. The maximum absolute atomic E-state index is 13.0. The molecule has 1 atom stereocenters. The Labute approximate surface area is 219 Å². The summed E-state index contributed by atoms with van der Waals surface area (Å²) in [6.45, 7) is 4.06. The smallest absolute Gasteiger partial charge is 0.243 e. The first-order valence-corrected chi connectivity index (χ1v) is 14.3. The molecular weight excluding hydrogens is 494 g/mol. The number of Topliss-reactive ketones (excluding diaryl/α,β-unsaturated/α-hetero) is 1. The van der Waals surface area contributed by atoms with E-state index < -0.39 is 10.0 Å². The number of nitrogens with zero attached hydrogens (tertiary/aromatic N) is 2. The molecule has 0 saturated carbocycles. The van der Waals surface area contributed by atoms with Gasteiger partial charge >= 0.3 is 0 Å². The van der Waals surface area contributed by atoms with Gasteiger partial charge in [0.15, 0.2) is 17.3 Å². The molecule has 0 bridgehead atoms. The fourth-order valence-corrected chi connectivity index (χ4v) is 6.39. The molecule has 0 radical (unpaired) electrons. The third-order valence-corrected chi connectivity index (χ3v) is 8.91. The van der Waals surface area contributed by atoms with E-state index in [-0.39, 0.29) is 23.3 Å². The van der Waals surface area contributed by atoms with E-state index >= 15 is 0 Å². The number of ketones is 1. The second kappa shape index (κ2) is 12.8. The van der Waals surface area contributed by atoms with Crippen molar-refractivity contribution in [3.05, 3.63) is 53.6 Å². The average molecular weight is 532 g/mol. The molecule has 10 heteroatoms. The number of methoxy groups -OCH3 is 2. The van der Waals surface area contributed by atoms with E-state index in [9.17, 15) is 13.2 Å². The van der Waals surface area contributed by atoms with E-state index in [2.05, 4.69) is 10.2 Å². The lowest BCUT2D eigenvalue weighted by molar-refractivity contribution is 0.0730. The molecule has 2 fully saturated rings. The molecule has 2 aliphatic heterocycles. The van der Waals surface area contributed by atoms with Gasteiger partial charge in [-0.2, -0.15) is 4.31 Å². The minimum absolute atomic E-state index is 0.0703. The Morgan fingerprint density at radius 1 is 0.973 bits per heavy atom. The number of ether oxygens (including phenoxy) is 3. The largest absolute Gasteiger partial charge is 0.493 e. The minimum atomic E-state index is -3.66. The zero-order valence-corrected chi connectivity index (χ0v) is 22.5. The van der Waals surface area contributed by atoms with E-state index in [0.717, 1.165) is 31.5 Å². The summed E-state index contributed by atoms with van der Waals surface area (Å²) in [6.07, 6.45) is 3.52. The predicted molar refractivity (Wildman–Crippen MR) is 141 cm³/mol. The van der Waals surface area contributed by atoms with E-state index in [0.29, 0.717) is 49.9 Å². The molecule has 0 spiro atoms. The summed E-state index contributed by atoms with van der Waals surface area (Å²) in [5.41, 5.74) is 1.47. The normalized spacial score (nSPS) is 18.3. The lowest BCUT2D eigenvalue weighted by Gasteiger charge is -2.35. The molecule has 2 heterocycles. The molecule has 2 aromatic carbocycles. The highest BCUT2D eigenvalue weighted by Crippen LogP contribution is 2.33. The number of carbonyl (C=O) groups excluding carboxylic acids is 1. The van der Waals surface area contributed by atoms with Crippen LogP contribution in [0, 0.1) is 0 Å². The second-order valence-corrected chi connectivity index (χ2v) is 11.3. The number of rotatable bonds is 11. The van der Waals surface area contributed by atoms with Crippen molar-refractivity contribution in [3.8, 4) is 11.5 Å². The third-order valence-electron chi connectivity index (χ3n) is 7.01. The van der Waals surface area contributed by atoms with Gasteiger partial charge in [0.05, 0.1) is 38.9 Å². The minimum Gasteiger partial charge on any atom is -0.493 e. The number of nitrogens with one attached hydrogen (secondary N) is 1. The summed E-state index contributed by atoms with van der Waals surface area (Å²) >= 11 is 0. The topological polar surface area (TPSA) is 97.4 Å². The molecule has 1 N–H and O–H groups in total. The van der Waals surface area contributed by atoms with Crippen LogP contribution < -0.4 is 14.8 Å². The van der Waals surface area contributed by atoms with Crippen LogP contribution in [0.3, 0.4) is 0 Å². The number of benzene rings is 2. The molecule has 0 amide bonds. The van der Waals surface area contributed by atoms with Crippen molar-refractivity contribution in [1.82, 2.24) is 14.5 Å². The van der Waals surface area contributed by atoms with Crippen LogP contribution in [0.15, 0.2) is 47.4 Å². The quantitative estimate of drug-likeness (QED) is 0.442. The van der Waals surface area contributed by atoms with Gasteiger partial charge in [0, 0.05) is 31.2 Å². The lowest BCUT2D eigenvalue weighted by Crippen LogP contribution is -2.40. The third kappa shape index (κ3) is 6.69. The first-order valence-electron chi connectivity index (χ1n) is 12.8. The highest BCUT2D eigenvalue weighted by atomic mass is 32.2. The van der Waals surface area contributed by atoms with Gasteiger partial charge in [-0.3, -0.25) is 9.69 Å². The Kier molecular flexibility index (Phi) is 9.55. The van der Waals surface area contributed by atoms with E-state index in [1.54, 1.807) is 32.4 Å². The number of carbonyl (C=O) groups is 1. The van der Waals surface area contributed by atoms with Gasteiger partial charge in [0.1, 0.15) is 0 Å². The Morgan fingerprint density at radius 2 is 1.70 bits per heavy atom. The summed E-state index contributed by atoms with van der Waals surface area (Å²) in [6, 6.07) is 12.3. The molecule has 2 saturated heterocycles. The number of likely N-dealkylation sites (tertiary alicyclic amines) is 1. The van der Waals surface area contributed by atoms with Gasteiger partial charge in [-0.05, 0) is 55.8 Å². The number of piperidine rings is 1. The molecule has 202 valence electrons. The van der Waals surface area contributed by atoms with Crippen LogP contribution in [0.4, 0.5) is 0 Å². The molecule has 1 unspecified atom stereocenters. The van der Waals surface area contributed by atoms with Gasteiger partial charge in [0.25, 0.3) is 0 Å². The van der Waals surface area contributed by atoms with E-state index in [1.807, 2.05) is 18.2 Å². The summed E-state index contributed by atoms with van der Waals surface area (Å²) < 4.78 is 43.6. The summed E-state index contributed by atoms with van der Waals surface area (Å²) in [4.78, 5) is 15.6. The van der Waals surface area contributed by atoms with Crippen LogP contribution in [-0.2, 0) is 14.8 Å². The maximum Gasteiger partial charge on any atom is 0.243 e. The van der Waals surface area contributed by atoms with Gasteiger partial charge in [-0.1, -0.05) is 24.6 Å². The molecule has 0 aromatic heterocycles. The summed E-state index contributed by atoms with van der Waals surface area (Å²) in [5.74, 6) is 1.21. The lowest BCUT2D eigenvalue weighted by atomic mass is 10.0. The maximum atomic E-state index is 13.0. The van der Waals surface area contributed by atoms with Gasteiger partial charge in [-0.25, -0.2) is 8.42 Å². The van der Waals surface area contributed by atoms with Crippen LogP contribution in [0.5, 0.6) is 11.5 Å². The van der Waals surface area contributed by atoms with Gasteiger partial charge in [-0.15, -0.1) is 0 Å². The SMILES string of the molecule is COc1ccc(C(CNCC(=O)c2cccc(S(=O)(=O)N3CCOCC3)c2)N2CCCCC2)cc1OC. The Hall–Kier alpha value is -2.50. The standard InChI is InChI=1S/C27H37N3O6S/c1-34-26-10-9-21(18-27(26)35-2)24(29-11-4-3-5-12-29)19-28-20-25(31)22-7-6-8-23(17-22)37(32,33)30-13-15-36-16-14-30/h6-10,17-18,24,28H,3-5,11-16,19-20H2,1-2H3. The van der Waals surface area contributed by atoms with Crippen molar-refractivity contribution >= 4 is 15.8 Å². The summed E-state index contributed by atoms with van der Waals surface area (Å²) in [5, 5.41) is 3.33.